The molecule has 36 heavy (non-hydrogen) atoms. The highest BCUT2D eigenvalue weighted by atomic mass is 35.5. The molecule has 2 N–H and O–H groups in total. The van der Waals surface area contributed by atoms with Crippen LogP contribution in [0.5, 0.6) is 0 Å². The number of aliphatic hydroxyl groups excluding tert-OH is 1. The molecule has 4 aromatic rings. The zero-order valence-electron chi connectivity index (χ0n) is 19.9. The van der Waals surface area contributed by atoms with Crippen molar-refractivity contribution >= 4 is 39.1 Å². The Bertz CT molecular complexity index is 1440. The molecule has 0 radical (unpaired) electrons. The number of halogens is 1. The average Bonchev–Trinajstić information content (AvgIpc) is 3.54. The minimum Gasteiger partial charge on any atom is -0.387 e. The monoisotopic (exact) mass is 522 g/mol. The summed E-state index contributed by atoms with van der Waals surface area (Å²) in [6.07, 6.45) is 6.31. The predicted molar refractivity (Wildman–Crippen MR) is 142 cm³/mol. The Kier molecular flexibility index (Phi) is 7.20. The Morgan fingerprint density at radius 2 is 2.11 bits per heavy atom. The van der Waals surface area contributed by atoms with Crippen LogP contribution in [0.4, 0.5) is 0 Å². The Morgan fingerprint density at radius 3 is 2.86 bits per heavy atom. The fraction of sp³-hybridized carbons (Fsp3) is 0.296. The van der Waals surface area contributed by atoms with E-state index >= 15 is 0 Å². The number of amides is 1. The number of fused-ring (bicyclic) bond motifs is 1. The molecular weight excluding hydrogens is 496 g/mol. The predicted octanol–water partition coefficient (Wildman–Crippen LogP) is 4.28. The van der Waals surface area contributed by atoms with E-state index < -0.39 is 12.0 Å². The van der Waals surface area contributed by atoms with Crippen LogP contribution in [0.25, 0.3) is 10.2 Å². The summed E-state index contributed by atoms with van der Waals surface area (Å²) in [5.74, 6) is -0.403. The lowest BCUT2D eigenvalue weighted by Gasteiger charge is -2.28. The third-order valence-electron chi connectivity index (χ3n) is 6.67. The number of aryl methyl sites for hydroxylation is 1. The van der Waals surface area contributed by atoms with Crippen molar-refractivity contribution in [2.24, 2.45) is 7.05 Å². The molecule has 4 heterocycles. The minimum absolute atomic E-state index is 0.00547. The molecule has 5 rings (SSSR count). The lowest BCUT2D eigenvalue weighted by Crippen LogP contribution is -2.33. The van der Waals surface area contributed by atoms with Crippen molar-refractivity contribution in [3.05, 3.63) is 97.9 Å². The number of likely N-dealkylation sites (tertiary alicyclic amines) is 1. The van der Waals surface area contributed by atoms with Gasteiger partial charge >= 0.3 is 0 Å². The number of carbonyl (C=O) groups excluding carboxylic acids is 1. The maximum Gasteiger partial charge on any atom is 0.257 e. The molecule has 1 aliphatic heterocycles. The van der Waals surface area contributed by atoms with Crippen LogP contribution >= 0.6 is 22.9 Å². The fourth-order valence-corrected chi connectivity index (χ4v) is 6.05. The summed E-state index contributed by atoms with van der Waals surface area (Å²) in [6, 6.07) is 12.8. The molecule has 3 aromatic heterocycles. The molecule has 9 heteroatoms. The van der Waals surface area contributed by atoms with E-state index in [0.717, 1.165) is 40.2 Å². The summed E-state index contributed by atoms with van der Waals surface area (Å²) < 4.78 is 1.84. The molecule has 0 unspecified atom stereocenters. The highest BCUT2D eigenvalue weighted by molar-refractivity contribution is 7.18. The largest absolute Gasteiger partial charge is 0.387 e. The second kappa shape index (κ2) is 10.5. The first-order chi connectivity index (χ1) is 17.4. The van der Waals surface area contributed by atoms with Crippen molar-refractivity contribution in [2.45, 2.75) is 38.1 Å². The molecule has 0 saturated carbocycles. The summed E-state index contributed by atoms with van der Waals surface area (Å²) >= 11 is 7.47. The average molecular weight is 523 g/mol. The number of thiophene rings is 1. The summed E-state index contributed by atoms with van der Waals surface area (Å²) in [4.78, 5) is 34.4. The Morgan fingerprint density at radius 1 is 1.31 bits per heavy atom. The van der Waals surface area contributed by atoms with Gasteiger partial charge in [-0.25, -0.2) is 0 Å². The van der Waals surface area contributed by atoms with Crippen LogP contribution < -0.4 is 10.7 Å². The Balaban J connectivity index is 1.34. The van der Waals surface area contributed by atoms with Crippen LogP contribution in [0.15, 0.2) is 65.8 Å². The molecule has 1 saturated heterocycles. The maximum atomic E-state index is 13.2. The highest BCUT2D eigenvalue weighted by Crippen LogP contribution is 2.32. The lowest BCUT2D eigenvalue weighted by molar-refractivity contribution is 0.0691. The van der Waals surface area contributed by atoms with Crippen LogP contribution in [0.1, 0.15) is 45.3 Å². The quantitative estimate of drug-likeness (QED) is 0.378. The molecule has 186 valence electrons. The first-order valence-electron chi connectivity index (χ1n) is 11.9. The molecule has 0 spiro atoms. The number of hydrogen-bond acceptors (Lipinski definition) is 6. The van der Waals surface area contributed by atoms with Crippen LogP contribution in [-0.4, -0.2) is 38.1 Å². The van der Waals surface area contributed by atoms with Gasteiger partial charge in [-0.05, 0) is 49.2 Å². The second-order valence-corrected chi connectivity index (χ2v) is 10.7. The molecule has 2 atom stereocenters. The number of pyridine rings is 2. The molecule has 1 amide bonds. The topological polar surface area (TPSA) is 87.5 Å². The van der Waals surface area contributed by atoms with Crippen LogP contribution in [-0.2, 0) is 20.1 Å². The number of hydrogen-bond donors (Lipinski definition) is 2. The van der Waals surface area contributed by atoms with Crippen molar-refractivity contribution in [3.8, 4) is 0 Å². The van der Waals surface area contributed by atoms with Gasteiger partial charge in [0.25, 0.3) is 5.91 Å². The van der Waals surface area contributed by atoms with Crippen molar-refractivity contribution in [3.63, 3.8) is 0 Å². The van der Waals surface area contributed by atoms with E-state index in [9.17, 15) is 14.7 Å². The van der Waals surface area contributed by atoms with Gasteiger partial charge in [0.2, 0.25) is 5.43 Å². The van der Waals surface area contributed by atoms with E-state index in [1.165, 1.54) is 0 Å². The molecule has 0 aliphatic carbocycles. The number of carbonyl (C=O) groups is 1. The number of nitrogens with one attached hydrogen (secondary N) is 1. The summed E-state index contributed by atoms with van der Waals surface area (Å²) in [7, 11) is 1.85. The normalized spacial score (nSPS) is 16.9. The van der Waals surface area contributed by atoms with Crippen molar-refractivity contribution < 1.29 is 9.90 Å². The highest BCUT2D eigenvalue weighted by Gasteiger charge is 2.32. The zero-order valence-corrected chi connectivity index (χ0v) is 21.4. The zero-order chi connectivity index (χ0) is 25.2. The molecule has 1 aliphatic rings. The van der Waals surface area contributed by atoms with Gasteiger partial charge in [-0.3, -0.25) is 19.5 Å². The fourth-order valence-electron chi connectivity index (χ4n) is 4.81. The van der Waals surface area contributed by atoms with Crippen molar-refractivity contribution in [1.29, 1.82) is 0 Å². The molecule has 0 bridgehead atoms. The van der Waals surface area contributed by atoms with E-state index in [-0.39, 0.29) is 17.0 Å². The van der Waals surface area contributed by atoms with Gasteiger partial charge < -0.3 is 15.0 Å². The van der Waals surface area contributed by atoms with Gasteiger partial charge in [0.05, 0.1) is 11.5 Å². The minimum atomic E-state index is -0.613. The summed E-state index contributed by atoms with van der Waals surface area (Å²) in [5.41, 5.74) is 1.56. The Hall–Kier alpha value is -3.04. The van der Waals surface area contributed by atoms with Gasteiger partial charge in [0.1, 0.15) is 10.4 Å². The van der Waals surface area contributed by atoms with Crippen molar-refractivity contribution in [2.75, 3.05) is 6.54 Å². The van der Waals surface area contributed by atoms with Crippen LogP contribution in [0.3, 0.4) is 0 Å². The number of benzene rings is 1. The molecular formula is C27H27ClN4O3S. The van der Waals surface area contributed by atoms with Gasteiger partial charge in [0.15, 0.2) is 0 Å². The van der Waals surface area contributed by atoms with Crippen LogP contribution in [0, 0.1) is 0 Å². The standard InChI is InChI=1S/C27H27ClN4O3S/c1-31-16-22(26(35)30-13-17-6-8-19(28)9-7-17)25(34)21-12-20(36-27(21)31)15-32-11-3-5-23(32)24(33)18-4-2-10-29-14-18/h2,4,6-10,12,14,16,23-24,33H,3,5,11,13,15H2,1H3,(H,30,35)/t23-,24+/m1/s1. The summed E-state index contributed by atoms with van der Waals surface area (Å²) in [6.45, 7) is 1.82. The number of nitrogens with zero attached hydrogens (tertiary/aromatic N) is 3. The third kappa shape index (κ3) is 5.08. The number of aromatic nitrogens is 2. The lowest BCUT2D eigenvalue weighted by atomic mass is 10.0. The summed E-state index contributed by atoms with van der Waals surface area (Å²) in [5, 5.41) is 15.0. The molecule has 1 aromatic carbocycles. The van der Waals surface area contributed by atoms with E-state index in [1.54, 1.807) is 42.1 Å². The second-order valence-electron chi connectivity index (χ2n) is 9.13. The van der Waals surface area contributed by atoms with Gasteiger partial charge in [0, 0.05) is 60.2 Å². The number of aliphatic hydroxyl groups is 1. The molecule has 1 fully saturated rings. The SMILES string of the molecule is Cn1cc(C(=O)NCc2ccc(Cl)cc2)c(=O)c2cc(CN3CCC[C@@H]3[C@@H](O)c3cccnc3)sc21. The van der Waals surface area contributed by atoms with Gasteiger partial charge in [-0.1, -0.05) is 29.8 Å². The maximum absolute atomic E-state index is 13.2. The van der Waals surface area contributed by atoms with Crippen molar-refractivity contribution in [1.82, 2.24) is 19.8 Å². The van der Waals surface area contributed by atoms with Crippen LogP contribution in [0.2, 0.25) is 5.02 Å². The first kappa shape index (κ1) is 24.6. The molecule has 7 nitrogen and oxygen atoms in total. The first-order valence-corrected chi connectivity index (χ1v) is 13.1. The Labute approximate surface area is 218 Å². The van der Waals surface area contributed by atoms with Gasteiger partial charge in [-0.2, -0.15) is 0 Å². The third-order valence-corrected chi connectivity index (χ3v) is 8.13. The number of rotatable bonds is 7. The van der Waals surface area contributed by atoms with E-state index in [4.69, 9.17) is 11.6 Å². The van der Waals surface area contributed by atoms with Gasteiger partial charge in [-0.15, -0.1) is 11.3 Å². The van der Waals surface area contributed by atoms with E-state index in [0.29, 0.717) is 23.5 Å². The van der Waals surface area contributed by atoms with E-state index in [2.05, 4.69) is 15.2 Å². The van der Waals surface area contributed by atoms with E-state index in [1.807, 2.05) is 41.9 Å². The smallest absolute Gasteiger partial charge is 0.257 e.